The molecule has 0 saturated carbocycles. The number of aliphatic carboxylic acids is 1. The predicted molar refractivity (Wildman–Crippen MR) is 52.2 cm³/mol. The number of aryl methyl sites for hydroxylation is 1. The van der Waals surface area contributed by atoms with Crippen LogP contribution in [-0.2, 0) is 11.3 Å². The summed E-state index contributed by atoms with van der Waals surface area (Å²) in [5.41, 5.74) is 0. The van der Waals surface area contributed by atoms with E-state index in [1.807, 2.05) is 0 Å². The molecular weight excluding hydrogens is 198 g/mol. The van der Waals surface area contributed by atoms with Gasteiger partial charge in [0.05, 0.1) is 6.54 Å². The highest BCUT2D eigenvalue weighted by molar-refractivity contribution is 5.66. The van der Waals surface area contributed by atoms with Crippen molar-refractivity contribution in [3.05, 3.63) is 11.7 Å². The lowest BCUT2D eigenvalue weighted by Gasteiger charge is -1.99. The average Bonchev–Trinajstić information content (AvgIpc) is 2.57. The van der Waals surface area contributed by atoms with Crippen LogP contribution in [0.15, 0.2) is 4.52 Å². The molecule has 0 aliphatic rings. The van der Waals surface area contributed by atoms with Crippen LogP contribution in [0, 0.1) is 6.92 Å². The minimum atomic E-state index is -0.746. The van der Waals surface area contributed by atoms with E-state index in [0.717, 1.165) is 13.0 Å². The molecule has 0 saturated heterocycles. The Kier molecular flexibility index (Phi) is 4.76. The van der Waals surface area contributed by atoms with Gasteiger partial charge in [-0.05, 0) is 19.4 Å². The first-order valence-electron chi connectivity index (χ1n) is 4.90. The van der Waals surface area contributed by atoms with Gasteiger partial charge in [-0.15, -0.1) is 0 Å². The second-order valence-electron chi connectivity index (χ2n) is 3.26. The molecule has 0 spiro atoms. The first-order valence-corrected chi connectivity index (χ1v) is 4.90. The summed E-state index contributed by atoms with van der Waals surface area (Å²) in [6.07, 6.45) is 1.75. The van der Waals surface area contributed by atoms with E-state index in [9.17, 15) is 4.79 Å². The van der Waals surface area contributed by atoms with Crippen LogP contribution in [0.1, 0.15) is 31.0 Å². The fourth-order valence-electron chi connectivity index (χ4n) is 1.14. The SMILES string of the molecule is Cc1nc(CNCCCCC(=O)O)no1. The van der Waals surface area contributed by atoms with Gasteiger partial charge in [0.15, 0.2) is 5.82 Å². The van der Waals surface area contributed by atoms with E-state index in [-0.39, 0.29) is 6.42 Å². The van der Waals surface area contributed by atoms with E-state index in [1.54, 1.807) is 6.92 Å². The second kappa shape index (κ2) is 6.13. The van der Waals surface area contributed by atoms with Crippen LogP contribution in [-0.4, -0.2) is 27.8 Å². The molecule has 1 heterocycles. The smallest absolute Gasteiger partial charge is 0.303 e. The van der Waals surface area contributed by atoms with Crippen molar-refractivity contribution < 1.29 is 14.4 Å². The highest BCUT2D eigenvalue weighted by atomic mass is 16.5. The number of hydrogen-bond acceptors (Lipinski definition) is 5. The highest BCUT2D eigenvalue weighted by Gasteiger charge is 2.01. The van der Waals surface area contributed by atoms with Crippen molar-refractivity contribution in [2.24, 2.45) is 0 Å². The fraction of sp³-hybridized carbons (Fsp3) is 0.667. The Bertz CT molecular complexity index is 311. The van der Waals surface area contributed by atoms with E-state index in [2.05, 4.69) is 15.5 Å². The van der Waals surface area contributed by atoms with E-state index < -0.39 is 5.97 Å². The lowest BCUT2D eigenvalue weighted by Crippen LogP contribution is -2.15. The number of unbranched alkanes of at least 4 members (excludes halogenated alkanes) is 1. The van der Waals surface area contributed by atoms with Crippen molar-refractivity contribution in [3.63, 3.8) is 0 Å². The van der Waals surface area contributed by atoms with Crippen LogP contribution in [0.4, 0.5) is 0 Å². The Hall–Kier alpha value is -1.43. The average molecular weight is 213 g/mol. The van der Waals surface area contributed by atoms with Gasteiger partial charge in [0.2, 0.25) is 5.89 Å². The molecule has 0 aliphatic heterocycles. The Morgan fingerprint density at radius 1 is 1.53 bits per heavy atom. The first-order chi connectivity index (χ1) is 7.18. The first kappa shape index (κ1) is 11.6. The molecule has 0 radical (unpaired) electrons. The molecule has 1 aromatic rings. The summed E-state index contributed by atoms with van der Waals surface area (Å²) in [5, 5.41) is 15.2. The van der Waals surface area contributed by atoms with Gasteiger partial charge < -0.3 is 14.9 Å². The molecule has 1 aromatic heterocycles. The van der Waals surface area contributed by atoms with Crippen molar-refractivity contribution in [2.75, 3.05) is 6.54 Å². The summed E-state index contributed by atoms with van der Waals surface area (Å²) in [7, 11) is 0. The summed E-state index contributed by atoms with van der Waals surface area (Å²) in [5.74, 6) is 0.437. The minimum absolute atomic E-state index is 0.225. The van der Waals surface area contributed by atoms with Gasteiger partial charge in [0, 0.05) is 13.3 Å². The van der Waals surface area contributed by atoms with Gasteiger partial charge in [-0.2, -0.15) is 4.98 Å². The van der Waals surface area contributed by atoms with Crippen LogP contribution in [0.2, 0.25) is 0 Å². The van der Waals surface area contributed by atoms with Crippen LogP contribution < -0.4 is 5.32 Å². The highest BCUT2D eigenvalue weighted by Crippen LogP contribution is 1.96. The number of carboxylic acid groups (broad SMARTS) is 1. The number of carbonyl (C=O) groups is 1. The number of rotatable bonds is 7. The molecule has 1 rings (SSSR count). The van der Waals surface area contributed by atoms with Crippen molar-refractivity contribution in [1.82, 2.24) is 15.5 Å². The van der Waals surface area contributed by atoms with Crippen molar-refractivity contribution in [2.45, 2.75) is 32.7 Å². The Labute approximate surface area is 87.7 Å². The Morgan fingerprint density at radius 2 is 2.33 bits per heavy atom. The molecule has 0 aromatic carbocycles. The molecule has 0 unspecified atom stereocenters. The molecule has 0 fully saturated rings. The third-order valence-electron chi connectivity index (χ3n) is 1.85. The van der Waals surface area contributed by atoms with Gasteiger partial charge in [-0.3, -0.25) is 4.79 Å². The third-order valence-corrected chi connectivity index (χ3v) is 1.85. The zero-order chi connectivity index (χ0) is 11.1. The van der Waals surface area contributed by atoms with Gasteiger partial charge >= 0.3 is 5.97 Å². The molecule has 0 bridgehead atoms. The maximum Gasteiger partial charge on any atom is 0.303 e. The normalized spacial score (nSPS) is 10.5. The molecule has 2 N–H and O–H groups in total. The number of hydrogen-bond donors (Lipinski definition) is 2. The van der Waals surface area contributed by atoms with Crippen molar-refractivity contribution in [1.29, 1.82) is 0 Å². The largest absolute Gasteiger partial charge is 0.481 e. The monoisotopic (exact) mass is 213 g/mol. The fourth-order valence-corrected chi connectivity index (χ4v) is 1.14. The third kappa shape index (κ3) is 5.11. The quantitative estimate of drug-likeness (QED) is 0.649. The van der Waals surface area contributed by atoms with Crippen LogP contribution >= 0.6 is 0 Å². The summed E-state index contributed by atoms with van der Waals surface area (Å²) >= 11 is 0. The van der Waals surface area contributed by atoms with Gasteiger partial charge in [0.25, 0.3) is 0 Å². The maximum absolute atomic E-state index is 10.2. The number of carboxylic acids is 1. The molecule has 6 nitrogen and oxygen atoms in total. The Balaban J connectivity index is 2.00. The van der Waals surface area contributed by atoms with Crippen molar-refractivity contribution in [3.8, 4) is 0 Å². The van der Waals surface area contributed by atoms with Gasteiger partial charge in [0.1, 0.15) is 0 Å². The number of aromatic nitrogens is 2. The second-order valence-corrected chi connectivity index (χ2v) is 3.26. The maximum atomic E-state index is 10.2. The van der Waals surface area contributed by atoms with Gasteiger partial charge in [-0.25, -0.2) is 0 Å². The standard InChI is InChI=1S/C9H15N3O3/c1-7-11-8(12-15-7)6-10-5-3-2-4-9(13)14/h10H,2-6H2,1H3,(H,13,14). The topological polar surface area (TPSA) is 88.2 Å². The number of nitrogens with one attached hydrogen (secondary N) is 1. The number of nitrogens with zero attached hydrogens (tertiary/aromatic N) is 2. The molecular formula is C9H15N3O3. The van der Waals surface area contributed by atoms with E-state index in [4.69, 9.17) is 9.63 Å². The van der Waals surface area contributed by atoms with Crippen LogP contribution in [0.5, 0.6) is 0 Å². The zero-order valence-electron chi connectivity index (χ0n) is 8.69. The van der Waals surface area contributed by atoms with Gasteiger partial charge in [-0.1, -0.05) is 5.16 Å². The van der Waals surface area contributed by atoms with Crippen LogP contribution in [0.3, 0.4) is 0 Å². The molecule has 6 heteroatoms. The lowest BCUT2D eigenvalue weighted by atomic mass is 10.2. The molecule has 15 heavy (non-hydrogen) atoms. The summed E-state index contributed by atoms with van der Waals surface area (Å²) in [6.45, 7) is 3.06. The van der Waals surface area contributed by atoms with E-state index in [0.29, 0.717) is 24.7 Å². The van der Waals surface area contributed by atoms with Crippen LogP contribution in [0.25, 0.3) is 0 Å². The lowest BCUT2D eigenvalue weighted by molar-refractivity contribution is -0.137. The van der Waals surface area contributed by atoms with E-state index in [1.165, 1.54) is 0 Å². The summed E-state index contributed by atoms with van der Waals surface area (Å²) in [4.78, 5) is 14.2. The summed E-state index contributed by atoms with van der Waals surface area (Å²) in [6, 6.07) is 0. The van der Waals surface area contributed by atoms with Crippen molar-refractivity contribution >= 4 is 5.97 Å². The molecule has 0 aliphatic carbocycles. The van der Waals surface area contributed by atoms with E-state index >= 15 is 0 Å². The molecule has 84 valence electrons. The Morgan fingerprint density at radius 3 is 2.93 bits per heavy atom. The minimum Gasteiger partial charge on any atom is -0.481 e. The molecule has 0 amide bonds. The predicted octanol–water partition coefficient (Wildman–Crippen LogP) is 0.723. The molecule has 0 atom stereocenters. The summed E-state index contributed by atoms with van der Waals surface area (Å²) < 4.78 is 4.80. The zero-order valence-corrected chi connectivity index (χ0v) is 8.69.